The van der Waals surface area contributed by atoms with Crippen LogP contribution in [-0.2, 0) is 12.8 Å². The predicted octanol–water partition coefficient (Wildman–Crippen LogP) is 9.01. The molecule has 0 saturated heterocycles. The Labute approximate surface area is 186 Å². The molecule has 2 aromatic rings. The highest BCUT2D eigenvalue weighted by Gasteiger charge is 2.31. The molecule has 0 fully saturated rings. The third-order valence-corrected chi connectivity index (χ3v) is 3.31. The molecule has 0 bridgehead atoms. The smallest absolute Gasteiger partial charge is 0.493 e. The molecule has 2 nitrogen and oxygen atoms in total. The number of para-hydroxylation sites is 1. The first-order valence-electron chi connectivity index (χ1n) is 11.1. The lowest BCUT2D eigenvalue weighted by atomic mass is 10.1. The Bertz CT molecular complexity index is 656. The van der Waals surface area contributed by atoms with Gasteiger partial charge < -0.3 is 9.47 Å². The van der Waals surface area contributed by atoms with Gasteiger partial charge in [-0.05, 0) is 43.5 Å². The molecular weight excluding hydrogens is 408 g/mol. The average Bonchev–Trinajstić information content (AvgIpc) is 2.78. The van der Waals surface area contributed by atoms with E-state index in [1.807, 2.05) is 55.4 Å². The van der Waals surface area contributed by atoms with Crippen LogP contribution in [-0.4, -0.2) is 13.0 Å². The van der Waals surface area contributed by atoms with Crippen molar-refractivity contribution in [3.63, 3.8) is 0 Å². The van der Waals surface area contributed by atoms with Gasteiger partial charge in [-0.3, -0.25) is 0 Å². The number of benzene rings is 2. The van der Waals surface area contributed by atoms with Crippen LogP contribution >= 0.6 is 0 Å². The summed E-state index contributed by atoms with van der Waals surface area (Å²) in [6.07, 6.45) is -3.42. The zero-order chi connectivity index (χ0) is 24.9. The third kappa shape index (κ3) is 15.2. The zero-order valence-corrected chi connectivity index (χ0v) is 20.5. The first kappa shape index (κ1) is 33.4. The Morgan fingerprint density at radius 3 is 1.68 bits per heavy atom. The van der Waals surface area contributed by atoms with Crippen molar-refractivity contribution < 1.29 is 27.0 Å². The highest BCUT2D eigenvalue weighted by Crippen LogP contribution is 2.26. The van der Waals surface area contributed by atoms with E-state index >= 15 is 0 Å². The topological polar surface area (TPSA) is 18.5 Å². The summed E-state index contributed by atoms with van der Waals surface area (Å²) in [6.45, 7) is 18.2. The van der Waals surface area contributed by atoms with E-state index in [2.05, 4.69) is 4.74 Å². The van der Waals surface area contributed by atoms with Gasteiger partial charge in [-0.1, -0.05) is 79.7 Å². The van der Waals surface area contributed by atoms with Gasteiger partial charge in [0.2, 0.25) is 0 Å². The van der Waals surface area contributed by atoms with E-state index in [1.54, 1.807) is 31.2 Å². The number of rotatable bonds is 5. The highest BCUT2D eigenvalue weighted by molar-refractivity contribution is 5.34. The van der Waals surface area contributed by atoms with Crippen LogP contribution in [0.3, 0.4) is 0 Å². The van der Waals surface area contributed by atoms with E-state index in [1.165, 1.54) is 18.2 Å². The molecule has 0 aliphatic carbocycles. The molecule has 0 N–H and O–H groups in total. The molecule has 2 aromatic carbocycles. The van der Waals surface area contributed by atoms with Crippen LogP contribution in [0.15, 0.2) is 42.5 Å². The minimum atomic E-state index is -4.61. The van der Waals surface area contributed by atoms with Crippen LogP contribution in [0.1, 0.15) is 73.4 Å². The molecular formula is C25H40F4O2. The minimum Gasteiger partial charge on any atom is -0.493 e. The van der Waals surface area contributed by atoms with E-state index in [9.17, 15) is 17.6 Å². The molecule has 0 radical (unpaired) electrons. The van der Waals surface area contributed by atoms with Crippen LogP contribution < -0.4 is 9.47 Å². The maximum absolute atomic E-state index is 13.1. The Morgan fingerprint density at radius 1 is 0.710 bits per heavy atom. The minimum absolute atomic E-state index is 0.113. The molecule has 0 aliphatic rings. The van der Waals surface area contributed by atoms with Gasteiger partial charge in [0.1, 0.15) is 17.3 Å². The van der Waals surface area contributed by atoms with E-state index in [0.29, 0.717) is 36.3 Å². The van der Waals surface area contributed by atoms with Gasteiger partial charge in [-0.25, -0.2) is 4.39 Å². The summed E-state index contributed by atoms with van der Waals surface area (Å²) in [5.74, 6) is 0.376. The number of hydrogen-bond donors (Lipinski definition) is 0. The maximum atomic E-state index is 13.1. The van der Waals surface area contributed by atoms with Gasteiger partial charge in [0.05, 0.1) is 6.61 Å². The summed E-state index contributed by atoms with van der Waals surface area (Å²) in [5, 5.41) is 0. The molecule has 180 valence electrons. The average molecular weight is 449 g/mol. The molecule has 2 rings (SSSR count). The van der Waals surface area contributed by atoms with Gasteiger partial charge in [0.25, 0.3) is 0 Å². The van der Waals surface area contributed by atoms with Crippen molar-refractivity contribution in [2.45, 2.75) is 81.5 Å². The zero-order valence-electron chi connectivity index (χ0n) is 20.5. The van der Waals surface area contributed by atoms with E-state index in [0.717, 1.165) is 0 Å². The van der Waals surface area contributed by atoms with Crippen LogP contribution in [0.25, 0.3) is 0 Å². The fourth-order valence-corrected chi connectivity index (χ4v) is 2.19. The van der Waals surface area contributed by atoms with Crippen molar-refractivity contribution in [2.24, 2.45) is 0 Å². The lowest BCUT2D eigenvalue weighted by molar-refractivity contribution is -0.274. The lowest BCUT2D eigenvalue weighted by Crippen LogP contribution is -2.17. The van der Waals surface area contributed by atoms with Crippen molar-refractivity contribution in [1.82, 2.24) is 0 Å². The standard InChI is InChI=1S/C10H13FO.C9H9F3O.3C2H6/c1-3-8-9(11)6-5-7-10(8)12-4-2;1-2-7-5-3-4-6-8(7)13-9(10,11)12;3*1-2/h5-7H,3-4H2,1-2H3;3-6H,2H2,1H3;3*1-2H3. The summed E-state index contributed by atoms with van der Waals surface area (Å²) in [5.41, 5.74) is 1.22. The lowest BCUT2D eigenvalue weighted by Gasteiger charge is -2.11. The number of halogens is 4. The first-order chi connectivity index (χ1) is 14.8. The molecule has 0 spiro atoms. The van der Waals surface area contributed by atoms with Crippen molar-refractivity contribution in [3.8, 4) is 11.5 Å². The fourth-order valence-electron chi connectivity index (χ4n) is 2.19. The maximum Gasteiger partial charge on any atom is 0.573 e. The number of hydrogen-bond acceptors (Lipinski definition) is 2. The van der Waals surface area contributed by atoms with Gasteiger partial charge in [-0.15, -0.1) is 13.2 Å². The second-order valence-electron chi connectivity index (χ2n) is 5.01. The molecule has 0 aromatic heterocycles. The SMILES string of the molecule is CC.CC.CC.CCOc1cccc(F)c1CC.CCc1ccccc1OC(F)(F)F. The summed E-state index contributed by atoms with van der Waals surface area (Å²) in [4.78, 5) is 0. The van der Waals surface area contributed by atoms with Crippen molar-refractivity contribution >= 4 is 0 Å². The van der Waals surface area contributed by atoms with Crippen molar-refractivity contribution in [3.05, 3.63) is 59.4 Å². The Morgan fingerprint density at radius 2 is 1.23 bits per heavy atom. The summed E-state index contributed by atoms with van der Waals surface area (Å²) < 4.78 is 57.7. The van der Waals surface area contributed by atoms with Crippen LogP contribution in [0.5, 0.6) is 11.5 Å². The molecule has 0 amide bonds. The second-order valence-corrected chi connectivity index (χ2v) is 5.01. The molecule has 0 aliphatic heterocycles. The van der Waals surface area contributed by atoms with Gasteiger partial charge in [0.15, 0.2) is 0 Å². The molecule has 0 saturated carbocycles. The largest absolute Gasteiger partial charge is 0.573 e. The van der Waals surface area contributed by atoms with Gasteiger partial charge >= 0.3 is 6.36 Å². The molecule has 0 atom stereocenters. The third-order valence-electron chi connectivity index (χ3n) is 3.31. The number of aryl methyl sites for hydroxylation is 1. The number of alkyl halides is 3. The van der Waals surface area contributed by atoms with Crippen molar-refractivity contribution in [1.29, 1.82) is 0 Å². The van der Waals surface area contributed by atoms with Crippen molar-refractivity contribution in [2.75, 3.05) is 6.61 Å². The number of ether oxygens (including phenoxy) is 2. The second kappa shape index (κ2) is 21.0. The summed E-state index contributed by atoms with van der Waals surface area (Å²) >= 11 is 0. The van der Waals surface area contributed by atoms with Crippen LogP contribution in [0, 0.1) is 5.82 Å². The van der Waals surface area contributed by atoms with Gasteiger partial charge in [0, 0.05) is 5.56 Å². The quantitative estimate of drug-likeness (QED) is 0.425. The molecule has 31 heavy (non-hydrogen) atoms. The first-order valence-corrected chi connectivity index (χ1v) is 11.1. The molecule has 0 unspecified atom stereocenters. The highest BCUT2D eigenvalue weighted by atomic mass is 19.4. The van der Waals surface area contributed by atoms with E-state index in [4.69, 9.17) is 4.74 Å². The monoisotopic (exact) mass is 448 g/mol. The summed E-state index contributed by atoms with van der Waals surface area (Å²) in [6, 6.07) is 11.0. The normalized spacial score (nSPS) is 9.19. The van der Waals surface area contributed by atoms with Crippen LogP contribution in [0.4, 0.5) is 17.6 Å². The Balaban J connectivity index is -0.000000408. The van der Waals surface area contributed by atoms with Gasteiger partial charge in [-0.2, -0.15) is 0 Å². The Kier molecular flexibility index (Phi) is 22.6. The van der Waals surface area contributed by atoms with Crippen LogP contribution in [0.2, 0.25) is 0 Å². The predicted molar refractivity (Wildman–Crippen MR) is 123 cm³/mol. The van der Waals surface area contributed by atoms with E-state index in [-0.39, 0.29) is 11.6 Å². The summed E-state index contributed by atoms with van der Waals surface area (Å²) in [7, 11) is 0. The molecule has 0 heterocycles. The molecule has 6 heteroatoms. The van der Waals surface area contributed by atoms with E-state index < -0.39 is 6.36 Å². The fraction of sp³-hybridized carbons (Fsp3) is 0.520. The Hall–Kier alpha value is -2.24.